The third-order valence-electron chi connectivity index (χ3n) is 3.85. The summed E-state index contributed by atoms with van der Waals surface area (Å²) in [5, 5.41) is 3.00. The Morgan fingerprint density at radius 3 is 2.65 bits per heavy atom. The highest BCUT2D eigenvalue weighted by Gasteiger charge is 2.35. The second-order valence-corrected chi connectivity index (χ2v) is 5.86. The van der Waals surface area contributed by atoms with E-state index in [4.69, 9.17) is 0 Å². The molecule has 0 spiro atoms. The van der Waals surface area contributed by atoms with Crippen LogP contribution in [0, 0.1) is 0 Å². The van der Waals surface area contributed by atoms with Crippen molar-refractivity contribution in [1.82, 2.24) is 14.8 Å². The van der Waals surface area contributed by atoms with Crippen LogP contribution in [0.1, 0.15) is 33.6 Å². The summed E-state index contributed by atoms with van der Waals surface area (Å²) in [6, 6.07) is 3.73. The zero-order chi connectivity index (χ0) is 14.8. The fraction of sp³-hybridized carbons (Fsp3) is 0.600. The van der Waals surface area contributed by atoms with Crippen molar-refractivity contribution in [2.24, 2.45) is 0 Å². The Bertz CT molecular complexity index is 479. The first-order valence-electron chi connectivity index (χ1n) is 7.17. The van der Waals surface area contributed by atoms with E-state index in [1.54, 1.807) is 0 Å². The average molecular weight is 277 g/mol. The maximum Gasteiger partial charge on any atom is 0.245 e. The van der Waals surface area contributed by atoms with Crippen LogP contribution in [-0.4, -0.2) is 40.4 Å². The van der Waals surface area contributed by atoms with Gasteiger partial charge in [0.1, 0.15) is 5.54 Å². The molecule has 1 saturated heterocycles. The smallest absolute Gasteiger partial charge is 0.245 e. The van der Waals surface area contributed by atoms with E-state index in [0.717, 1.165) is 13.0 Å². The van der Waals surface area contributed by atoms with E-state index in [0.29, 0.717) is 13.0 Å². The van der Waals surface area contributed by atoms with Crippen LogP contribution in [0.3, 0.4) is 0 Å². The Labute approximate surface area is 119 Å². The van der Waals surface area contributed by atoms with Crippen LogP contribution in [0.4, 0.5) is 0 Å². The summed E-state index contributed by atoms with van der Waals surface area (Å²) in [5.41, 5.74) is -0.648. The molecule has 110 valence electrons. The minimum atomic E-state index is -0.648. The summed E-state index contributed by atoms with van der Waals surface area (Å²) in [4.78, 5) is 26.1. The van der Waals surface area contributed by atoms with Gasteiger partial charge in [-0.15, -0.1) is 0 Å². The van der Waals surface area contributed by atoms with Crippen LogP contribution < -0.4 is 5.32 Å². The minimum Gasteiger partial charge on any atom is -0.349 e. The third-order valence-corrected chi connectivity index (χ3v) is 3.85. The number of aromatic nitrogens is 1. The lowest BCUT2D eigenvalue weighted by Gasteiger charge is -2.27. The Morgan fingerprint density at radius 2 is 2.05 bits per heavy atom. The molecule has 1 aliphatic heterocycles. The van der Waals surface area contributed by atoms with Gasteiger partial charge in [0.05, 0.1) is 6.04 Å². The van der Waals surface area contributed by atoms with Crippen LogP contribution >= 0.6 is 0 Å². The Morgan fingerprint density at radius 1 is 1.40 bits per heavy atom. The van der Waals surface area contributed by atoms with Crippen LogP contribution in [0.5, 0.6) is 0 Å². The predicted octanol–water partition coefficient (Wildman–Crippen LogP) is 1.35. The molecule has 5 heteroatoms. The second kappa shape index (κ2) is 5.69. The first-order valence-corrected chi connectivity index (χ1v) is 7.17. The largest absolute Gasteiger partial charge is 0.349 e. The number of likely N-dealkylation sites (tertiary alicyclic amines) is 1. The summed E-state index contributed by atoms with van der Waals surface area (Å²) in [5.74, 6) is 0.0840. The molecule has 0 aromatic carbocycles. The van der Waals surface area contributed by atoms with E-state index in [2.05, 4.69) is 5.32 Å². The quantitative estimate of drug-likeness (QED) is 0.883. The normalized spacial score (nSPS) is 19.4. The number of nitrogens with one attached hydrogen (secondary N) is 1. The molecule has 0 radical (unpaired) electrons. The monoisotopic (exact) mass is 277 g/mol. The predicted molar refractivity (Wildman–Crippen MR) is 77.2 cm³/mol. The van der Waals surface area contributed by atoms with Crippen molar-refractivity contribution in [2.45, 2.75) is 45.2 Å². The topological polar surface area (TPSA) is 54.3 Å². The van der Waals surface area contributed by atoms with E-state index in [9.17, 15) is 9.59 Å². The van der Waals surface area contributed by atoms with Crippen LogP contribution in [-0.2, 0) is 15.1 Å². The third kappa shape index (κ3) is 2.86. The number of nitrogens with zero attached hydrogens (tertiary/aromatic N) is 2. The van der Waals surface area contributed by atoms with Crippen molar-refractivity contribution >= 4 is 11.8 Å². The molecule has 1 fully saturated rings. The molecule has 1 atom stereocenters. The lowest BCUT2D eigenvalue weighted by molar-refractivity contribution is -0.129. The maximum atomic E-state index is 12.4. The highest BCUT2D eigenvalue weighted by Crippen LogP contribution is 2.18. The van der Waals surface area contributed by atoms with E-state index in [1.165, 1.54) is 0 Å². The first-order chi connectivity index (χ1) is 9.45. The Balaban J connectivity index is 1.97. The lowest BCUT2D eigenvalue weighted by atomic mass is 10.0. The van der Waals surface area contributed by atoms with Gasteiger partial charge in [0.15, 0.2) is 0 Å². The van der Waals surface area contributed by atoms with Crippen molar-refractivity contribution in [3.05, 3.63) is 24.5 Å². The van der Waals surface area contributed by atoms with Crippen molar-refractivity contribution in [3.8, 4) is 0 Å². The zero-order valence-electron chi connectivity index (χ0n) is 12.4. The molecule has 5 nitrogen and oxygen atoms in total. The fourth-order valence-electron chi connectivity index (χ4n) is 2.54. The molecule has 1 N–H and O–H groups in total. The van der Waals surface area contributed by atoms with Gasteiger partial charge >= 0.3 is 0 Å². The molecule has 0 bridgehead atoms. The van der Waals surface area contributed by atoms with Gasteiger partial charge in [0.25, 0.3) is 0 Å². The van der Waals surface area contributed by atoms with Gasteiger partial charge < -0.3 is 14.8 Å². The number of amides is 2. The van der Waals surface area contributed by atoms with Gasteiger partial charge in [0.2, 0.25) is 11.8 Å². The molecule has 2 amide bonds. The molecular formula is C15H23N3O2. The van der Waals surface area contributed by atoms with Crippen LogP contribution in [0.25, 0.3) is 0 Å². The number of hydrogen-bond donors (Lipinski definition) is 1. The molecule has 2 heterocycles. The Kier molecular flexibility index (Phi) is 4.16. The highest BCUT2D eigenvalue weighted by molar-refractivity contribution is 5.86. The summed E-state index contributed by atoms with van der Waals surface area (Å²) in [6.45, 7) is 7.20. The molecular weight excluding hydrogens is 254 g/mol. The molecule has 1 aromatic rings. The van der Waals surface area contributed by atoms with Gasteiger partial charge in [-0.3, -0.25) is 9.59 Å². The molecule has 20 heavy (non-hydrogen) atoms. The summed E-state index contributed by atoms with van der Waals surface area (Å²) < 4.78 is 1.88. The van der Waals surface area contributed by atoms with Crippen molar-refractivity contribution in [3.63, 3.8) is 0 Å². The van der Waals surface area contributed by atoms with E-state index >= 15 is 0 Å². The van der Waals surface area contributed by atoms with Crippen LogP contribution in [0.15, 0.2) is 24.5 Å². The standard InChI is InChI=1S/C15H23N3O2/c1-4-7-17-11-12(10-13(17)19)16-14(20)15(2,3)18-8-5-6-9-18/h5-6,8-9,12H,4,7,10-11H2,1-3H3,(H,16,20). The molecule has 0 saturated carbocycles. The van der Waals surface area contributed by atoms with Gasteiger partial charge in [-0.2, -0.15) is 0 Å². The molecule has 2 rings (SSSR count). The van der Waals surface area contributed by atoms with Crippen molar-refractivity contribution in [1.29, 1.82) is 0 Å². The number of rotatable bonds is 5. The SMILES string of the molecule is CCCN1CC(NC(=O)C(C)(C)n2cccc2)CC1=O. The highest BCUT2D eigenvalue weighted by atomic mass is 16.2. The average Bonchev–Trinajstić information content (AvgIpc) is 3.01. The summed E-state index contributed by atoms with van der Waals surface area (Å²) >= 11 is 0. The molecule has 0 aliphatic carbocycles. The van der Waals surface area contributed by atoms with E-state index in [1.807, 2.05) is 54.8 Å². The van der Waals surface area contributed by atoms with Gasteiger partial charge in [0, 0.05) is 31.9 Å². The fourth-order valence-corrected chi connectivity index (χ4v) is 2.54. The van der Waals surface area contributed by atoms with Gasteiger partial charge in [-0.1, -0.05) is 6.92 Å². The summed E-state index contributed by atoms with van der Waals surface area (Å²) in [7, 11) is 0. The minimum absolute atomic E-state index is 0.0511. The number of hydrogen-bond acceptors (Lipinski definition) is 2. The first kappa shape index (κ1) is 14.6. The maximum absolute atomic E-state index is 12.4. The van der Waals surface area contributed by atoms with Gasteiger partial charge in [-0.25, -0.2) is 0 Å². The zero-order valence-corrected chi connectivity index (χ0v) is 12.4. The number of carbonyl (C=O) groups is 2. The van der Waals surface area contributed by atoms with Crippen molar-refractivity contribution in [2.75, 3.05) is 13.1 Å². The van der Waals surface area contributed by atoms with Crippen molar-refractivity contribution < 1.29 is 9.59 Å². The lowest BCUT2D eigenvalue weighted by Crippen LogP contribution is -2.48. The van der Waals surface area contributed by atoms with E-state index in [-0.39, 0.29) is 17.9 Å². The van der Waals surface area contributed by atoms with E-state index < -0.39 is 5.54 Å². The van der Waals surface area contributed by atoms with Crippen LogP contribution in [0.2, 0.25) is 0 Å². The molecule has 1 aromatic heterocycles. The Hall–Kier alpha value is -1.78. The second-order valence-electron chi connectivity index (χ2n) is 5.86. The number of carbonyl (C=O) groups excluding carboxylic acids is 2. The van der Waals surface area contributed by atoms with Gasteiger partial charge in [-0.05, 0) is 32.4 Å². The summed E-state index contributed by atoms with van der Waals surface area (Å²) in [6.07, 6.45) is 5.11. The molecule has 1 aliphatic rings. The molecule has 1 unspecified atom stereocenters.